The molecule has 0 bridgehead atoms. The molecule has 1 heterocycles. The molecular formula is C15H20N2O3. The van der Waals surface area contributed by atoms with Crippen molar-refractivity contribution >= 4 is 17.0 Å². The summed E-state index contributed by atoms with van der Waals surface area (Å²) in [5.41, 5.74) is 0.746. The molecule has 0 saturated heterocycles. The highest BCUT2D eigenvalue weighted by Gasteiger charge is 2.26. The first-order chi connectivity index (χ1) is 9.22. The molecule has 5 heteroatoms. The minimum Gasteiger partial charge on any atom is -0.458 e. The van der Waals surface area contributed by atoms with Crippen molar-refractivity contribution in [2.24, 2.45) is 7.05 Å². The maximum absolute atomic E-state index is 12.3. The van der Waals surface area contributed by atoms with Crippen LogP contribution in [0.1, 0.15) is 33.7 Å². The van der Waals surface area contributed by atoms with Gasteiger partial charge in [-0.3, -0.25) is 9.13 Å². The normalized spacial score (nSPS) is 13.4. The Morgan fingerprint density at radius 1 is 1.20 bits per heavy atom. The molecule has 0 amide bonds. The van der Waals surface area contributed by atoms with Crippen molar-refractivity contribution in [2.45, 2.75) is 39.3 Å². The van der Waals surface area contributed by atoms with Gasteiger partial charge < -0.3 is 4.74 Å². The van der Waals surface area contributed by atoms with E-state index in [4.69, 9.17) is 4.74 Å². The van der Waals surface area contributed by atoms with Crippen LogP contribution in [0.15, 0.2) is 29.1 Å². The van der Waals surface area contributed by atoms with Gasteiger partial charge in [-0.05, 0) is 39.8 Å². The summed E-state index contributed by atoms with van der Waals surface area (Å²) >= 11 is 0. The molecule has 2 rings (SSSR count). The summed E-state index contributed by atoms with van der Waals surface area (Å²) in [7, 11) is 1.70. The van der Waals surface area contributed by atoms with Gasteiger partial charge in [-0.1, -0.05) is 12.1 Å². The second-order valence-electron chi connectivity index (χ2n) is 5.91. The van der Waals surface area contributed by atoms with Gasteiger partial charge in [0.25, 0.3) is 0 Å². The fourth-order valence-electron chi connectivity index (χ4n) is 2.19. The SMILES string of the molecule is CC(C(=O)OC(C)(C)C)n1c(=O)n(C)c2ccccc21. The van der Waals surface area contributed by atoms with Crippen molar-refractivity contribution in [3.8, 4) is 0 Å². The lowest BCUT2D eigenvalue weighted by molar-refractivity contribution is -0.158. The Labute approximate surface area is 117 Å². The van der Waals surface area contributed by atoms with E-state index in [0.717, 1.165) is 11.0 Å². The summed E-state index contributed by atoms with van der Waals surface area (Å²) < 4.78 is 8.37. The van der Waals surface area contributed by atoms with Crippen LogP contribution in [0.3, 0.4) is 0 Å². The van der Waals surface area contributed by atoms with Crippen LogP contribution >= 0.6 is 0 Å². The van der Waals surface area contributed by atoms with Gasteiger partial charge in [0.2, 0.25) is 0 Å². The number of hydrogen-bond acceptors (Lipinski definition) is 3. The van der Waals surface area contributed by atoms with E-state index in [2.05, 4.69) is 0 Å². The van der Waals surface area contributed by atoms with Crippen LogP contribution in [0.2, 0.25) is 0 Å². The van der Waals surface area contributed by atoms with Crippen LogP contribution in [-0.2, 0) is 16.6 Å². The highest BCUT2D eigenvalue weighted by Crippen LogP contribution is 2.19. The third-order valence-corrected chi connectivity index (χ3v) is 3.13. The number of para-hydroxylation sites is 2. The fourth-order valence-corrected chi connectivity index (χ4v) is 2.19. The molecular weight excluding hydrogens is 256 g/mol. The van der Waals surface area contributed by atoms with Crippen LogP contribution in [0.4, 0.5) is 0 Å². The number of fused-ring (bicyclic) bond motifs is 1. The minimum atomic E-state index is -0.659. The Balaban J connectivity index is 2.50. The van der Waals surface area contributed by atoms with Crippen LogP contribution in [-0.4, -0.2) is 20.7 Å². The molecule has 0 aliphatic carbocycles. The Morgan fingerprint density at radius 2 is 1.75 bits per heavy atom. The maximum atomic E-state index is 12.3. The van der Waals surface area contributed by atoms with E-state index in [0.29, 0.717) is 0 Å². The average Bonchev–Trinajstić information content (AvgIpc) is 2.60. The smallest absolute Gasteiger partial charge is 0.329 e. The molecule has 0 saturated carbocycles. The minimum absolute atomic E-state index is 0.218. The first-order valence-electron chi connectivity index (χ1n) is 6.61. The third kappa shape index (κ3) is 2.48. The molecule has 0 fully saturated rings. The second-order valence-corrected chi connectivity index (χ2v) is 5.91. The van der Waals surface area contributed by atoms with E-state index in [-0.39, 0.29) is 5.69 Å². The zero-order valence-electron chi connectivity index (χ0n) is 12.5. The Bertz CT molecular complexity index is 704. The standard InChI is InChI=1S/C15H20N2O3/c1-10(13(18)20-15(2,3)4)17-12-9-7-6-8-11(12)16(5)14(17)19/h6-10H,1-5H3. The molecule has 0 N–H and O–H groups in total. The lowest BCUT2D eigenvalue weighted by Gasteiger charge is -2.22. The van der Waals surface area contributed by atoms with Crippen molar-refractivity contribution in [3.05, 3.63) is 34.7 Å². The van der Waals surface area contributed by atoms with E-state index in [1.807, 2.05) is 45.0 Å². The van der Waals surface area contributed by atoms with Gasteiger partial charge in [-0.25, -0.2) is 9.59 Å². The molecule has 108 valence electrons. The second kappa shape index (κ2) is 4.81. The largest absolute Gasteiger partial charge is 0.458 e. The summed E-state index contributed by atoms with van der Waals surface area (Å²) in [5, 5.41) is 0. The number of hydrogen-bond donors (Lipinski definition) is 0. The van der Waals surface area contributed by atoms with Crippen LogP contribution in [0.5, 0.6) is 0 Å². The first-order valence-corrected chi connectivity index (χ1v) is 6.61. The summed E-state index contributed by atoms with van der Waals surface area (Å²) in [5.74, 6) is -0.407. The summed E-state index contributed by atoms with van der Waals surface area (Å²) in [6.07, 6.45) is 0. The number of imidazole rings is 1. The van der Waals surface area contributed by atoms with Crippen molar-refractivity contribution in [2.75, 3.05) is 0 Å². The molecule has 20 heavy (non-hydrogen) atoms. The quantitative estimate of drug-likeness (QED) is 0.790. The molecule has 0 aliphatic heterocycles. The van der Waals surface area contributed by atoms with E-state index < -0.39 is 17.6 Å². The van der Waals surface area contributed by atoms with Gasteiger partial charge in [0.05, 0.1) is 11.0 Å². The predicted octanol–water partition coefficient (Wildman–Crippen LogP) is 2.24. The summed E-state index contributed by atoms with van der Waals surface area (Å²) in [6, 6.07) is 6.74. The average molecular weight is 276 g/mol. The lowest BCUT2D eigenvalue weighted by Crippen LogP contribution is -2.33. The Kier molecular flexibility index (Phi) is 3.46. The van der Waals surface area contributed by atoms with Crippen LogP contribution < -0.4 is 5.69 Å². The highest BCUT2D eigenvalue weighted by atomic mass is 16.6. The van der Waals surface area contributed by atoms with Crippen molar-refractivity contribution < 1.29 is 9.53 Å². The zero-order chi connectivity index (χ0) is 15.1. The maximum Gasteiger partial charge on any atom is 0.329 e. The highest BCUT2D eigenvalue weighted by molar-refractivity contribution is 5.80. The number of aryl methyl sites for hydroxylation is 1. The molecule has 1 aromatic heterocycles. The molecule has 1 unspecified atom stereocenters. The number of carbonyl (C=O) groups is 1. The first kappa shape index (κ1) is 14.4. The van der Waals surface area contributed by atoms with E-state index in [9.17, 15) is 9.59 Å². The molecule has 5 nitrogen and oxygen atoms in total. The number of benzene rings is 1. The van der Waals surface area contributed by atoms with Gasteiger partial charge in [-0.2, -0.15) is 0 Å². The molecule has 0 aliphatic rings. The van der Waals surface area contributed by atoms with Crippen LogP contribution in [0, 0.1) is 0 Å². The molecule has 1 atom stereocenters. The van der Waals surface area contributed by atoms with E-state index in [1.54, 1.807) is 14.0 Å². The number of ether oxygens (including phenoxy) is 1. The van der Waals surface area contributed by atoms with Gasteiger partial charge in [-0.15, -0.1) is 0 Å². The number of aromatic nitrogens is 2. The molecule has 1 aromatic carbocycles. The van der Waals surface area contributed by atoms with Crippen LogP contribution in [0.25, 0.3) is 11.0 Å². The number of nitrogens with zero attached hydrogens (tertiary/aromatic N) is 2. The molecule has 0 radical (unpaired) electrons. The topological polar surface area (TPSA) is 53.2 Å². The van der Waals surface area contributed by atoms with E-state index >= 15 is 0 Å². The summed E-state index contributed by atoms with van der Waals surface area (Å²) in [6.45, 7) is 7.11. The molecule has 2 aromatic rings. The zero-order valence-corrected chi connectivity index (χ0v) is 12.5. The lowest BCUT2D eigenvalue weighted by atomic mass is 10.2. The van der Waals surface area contributed by atoms with Gasteiger partial charge in [0.15, 0.2) is 0 Å². The van der Waals surface area contributed by atoms with Crippen molar-refractivity contribution in [1.29, 1.82) is 0 Å². The number of rotatable bonds is 2. The third-order valence-electron chi connectivity index (χ3n) is 3.13. The Hall–Kier alpha value is -2.04. The number of carbonyl (C=O) groups excluding carboxylic acids is 1. The predicted molar refractivity (Wildman–Crippen MR) is 77.7 cm³/mol. The Morgan fingerprint density at radius 3 is 2.30 bits per heavy atom. The van der Waals surface area contributed by atoms with Gasteiger partial charge in [0, 0.05) is 7.05 Å². The van der Waals surface area contributed by atoms with Crippen molar-refractivity contribution in [3.63, 3.8) is 0 Å². The van der Waals surface area contributed by atoms with Gasteiger partial charge in [0.1, 0.15) is 11.6 Å². The van der Waals surface area contributed by atoms with E-state index in [1.165, 1.54) is 9.13 Å². The van der Waals surface area contributed by atoms with Crippen molar-refractivity contribution in [1.82, 2.24) is 9.13 Å². The fraction of sp³-hybridized carbons (Fsp3) is 0.467. The number of esters is 1. The van der Waals surface area contributed by atoms with Gasteiger partial charge >= 0.3 is 11.7 Å². The monoisotopic (exact) mass is 276 g/mol. The molecule has 0 spiro atoms. The summed E-state index contributed by atoms with van der Waals surface area (Å²) in [4.78, 5) is 24.5.